The Morgan fingerprint density at radius 1 is 1.17 bits per heavy atom. The smallest absolute Gasteiger partial charge is 0.0583 e. The number of likely N-dealkylation sites (tertiary alicyclic amines) is 1. The lowest BCUT2D eigenvalue weighted by Gasteiger charge is -2.31. The highest BCUT2D eigenvalue weighted by Gasteiger charge is 2.37. The first-order valence-corrected chi connectivity index (χ1v) is 7.24. The van der Waals surface area contributed by atoms with Gasteiger partial charge in [-0.25, -0.2) is 0 Å². The van der Waals surface area contributed by atoms with Crippen molar-refractivity contribution in [1.29, 1.82) is 0 Å². The molecule has 0 spiro atoms. The van der Waals surface area contributed by atoms with Gasteiger partial charge in [-0.3, -0.25) is 9.58 Å². The van der Waals surface area contributed by atoms with Crippen molar-refractivity contribution in [3.63, 3.8) is 0 Å². The van der Waals surface area contributed by atoms with E-state index >= 15 is 0 Å². The molecule has 1 N–H and O–H groups in total. The zero-order valence-corrected chi connectivity index (χ0v) is 10.9. The number of aromatic nitrogens is 2. The Kier molecular flexibility index (Phi) is 3.66. The van der Waals surface area contributed by atoms with E-state index in [1.54, 1.807) is 0 Å². The third kappa shape index (κ3) is 2.45. The van der Waals surface area contributed by atoms with Crippen LogP contribution in [0.4, 0.5) is 0 Å². The molecule has 2 aliphatic rings. The fraction of sp³-hybridized carbons (Fsp3) is 0.786. The minimum atomic E-state index is -0.0553. The van der Waals surface area contributed by atoms with E-state index in [4.69, 9.17) is 0 Å². The molecule has 0 radical (unpaired) electrons. The largest absolute Gasteiger partial charge is 0.393 e. The van der Waals surface area contributed by atoms with Crippen molar-refractivity contribution in [2.75, 3.05) is 13.1 Å². The van der Waals surface area contributed by atoms with Gasteiger partial charge >= 0.3 is 0 Å². The first kappa shape index (κ1) is 12.2. The van der Waals surface area contributed by atoms with Crippen LogP contribution in [-0.4, -0.2) is 45.0 Å². The summed E-state index contributed by atoms with van der Waals surface area (Å²) < 4.78 is 2.00. The quantitative estimate of drug-likeness (QED) is 0.879. The minimum Gasteiger partial charge on any atom is -0.393 e. The second-order valence-corrected chi connectivity index (χ2v) is 5.68. The highest BCUT2D eigenvalue weighted by molar-refractivity contribution is 4.91. The molecule has 1 saturated heterocycles. The van der Waals surface area contributed by atoms with Crippen molar-refractivity contribution in [3.8, 4) is 0 Å². The van der Waals surface area contributed by atoms with E-state index in [0.717, 1.165) is 19.5 Å². The maximum Gasteiger partial charge on any atom is 0.0583 e. The zero-order chi connectivity index (χ0) is 12.4. The zero-order valence-electron chi connectivity index (χ0n) is 10.9. The van der Waals surface area contributed by atoms with Gasteiger partial charge in [0.15, 0.2) is 0 Å². The standard InChI is InChI=1S/C14H23N3O/c18-14-6-1-4-12(14)13-5-2-8-16(13)10-11-17-9-3-7-15-17/h3,7,9,12-14,18H,1-2,4-6,8,10-11H2. The highest BCUT2D eigenvalue weighted by atomic mass is 16.3. The number of hydrogen-bond acceptors (Lipinski definition) is 3. The topological polar surface area (TPSA) is 41.3 Å². The van der Waals surface area contributed by atoms with Crippen molar-refractivity contribution in [3.05, 3.63) is 18.5 Å². The van der Waals surface area contributed by atoms with Crippen LogP contribution >= 0.6 is 0 Å². The van der Waals surface area contributed by atoms with Crippen LogP contribution in [0, 0.1) is 5.92 Å². The fourth-order valence-corrected chi connectivity index (χ4v) is 3.70. The molecule has 3 rings (SSSR count). The number of hydrogen-bond donors (Lipinski definition) is 1. The summed E-state index contributed by atoms with van der Waals surface area (Å²) in [5.74, 6) is 0.519. The lowest BCUT2D eigenvalue weighted by Crippen LogP contribution is -2.40. The van der Waals surface area contributed by atoms with Gasteiger partial charge in [0.25, 0.3) is 0 Å². The number of nitrogens with zero attached hydrogens (tertiary/aromatic N) is 3. The number of aliphatic hydroxyl groups is 1. The fourth-order valence-electron chi connectivity index (χ4n) is 3.70. The van der Waals surface area contributed by atoms with Crippen LogP contribution in [-0.2, 0) is 6.54 Å². The summed E-state index contributed by atoms with van der Waals surface area (Å²) in [7, 11) is 0. The Labute approximate surface area is 109 Å². The van der Waals surface area contributed by atoms with Crippen molar-refractivity contribution in [2.24, 2.45) is 5.92 Å². The number of rotatable bonds is 4. The van der Waals surface area contributed by atoms with Crippen molar-refractivity contribution in [2.45, 2.75) is 50.8 Å². The lowest BCUT2D eigenvalue weighted by atomic mass is 9.94. The Morgan fingerprint density at radius 2 is 2.11 bits per heavy atom. The summed E-state index contributed by atoms with van der Waals surface area (Å²) in [6.07, 6.45) is 9.78. The molecular weight excluding hydrogens is 226 g/mol. The van der Waals surface area contributed by atoms with Crippen molar-refractivity contribution < 1.29 is 5.11 Å². The number of aliphatic hydroxyl groups excluding tert-OH is 1. The van der Waals surface area contributed by atoms with Gasteiger partial charge in [0.1, 0.15) is 0 Å². The molecule has 4 heteroatoms. The van der Waals surface area contributed by atoms with Gasteiger partial charge < -0.3 is 5.11 Å². The molecule has 0 amide bonds. The predicted octanol–water partition coefficient (Wildman–Crippen LogP) is 1.51. The molecule has 4 nitrogen and oxygen atoms in total. The van der Waals surface area contributed by atoms with E-state index < -0.39 is 0 Å². The molecule has 18 heavy (non-hydrogen) atoms. The molecule has 3 atom stereocenters. The average molecular weight is 249 g/mol. The van der Waals surface area contributed by atoms with Gasteiger partial charge in [-0.1, -0.05) is 6.42 Å². The van der Waals surface area contributed by atoms with E-state index in [0.29, 0.717) is 12.0 Å². The Balaban J connectivity index is 1.57. The van der Waals surface area contributed by atoms with Crippen LogP contribution in [0.2, 0.25) is 0 Å². The van der Waals surface area contributed by atoms with Gasteiger partial charge in [-0.2, -0.15) is 5.10 Å². The van der Waals surface area contributed by atoms with Crippen molar-refractivity contribution >= 4 is 0 Å². The van der Waals surface area contributed by atoms with E-state index in [-0.39, 0.29) is 6.10 Å². The molecule has 2 fully saturated rings. The van der Waals surface area contributed by atoms with E-state index in [2.05, 4.69) is 10.00 Å². The third-order valence-corrected chi connectivity index (χ3v) is 4.62. The van der Waals surface area contributed by atoms with Crippen molar-refractivity contribution in [1.82, 2.24) is 14.7 Å². The predicted molar refractivity (Wildman–Crippen MR) is 70.2 cm³/mol. The van der Waals surface area contributed by atoms with Crippen LogP contribution in [0.15, 0.2) is 18.5 Å². The highest BCUT2D eigenvalue weighted by Crippen LogP contribution is 2.35. The monoisotopic (exact) mass is 249 g/mol. The molecular formula is C14H23N3O. The summed E-state index contributed by atoms with van der Waals surface area (Å²) in [6, 6.07) is 2.58. The first-order chi connectivity index (χ1) is 8.84. The minimum absolute atomic E-state index is 0.0553. The van der Waals surface area contributed by atoms with E-state index in [1.807, 2.05) is 23.1 Å². The van der Waals surface area contributed by atoms with Crippen LogP contribution in [0.1, 0.15) is 32.1 Å². The summed E-state index contributed by atoms with van der Waals surface area (Å²) in [5, 5.41) is 14.3. The summed E-state index contributed by atoms with van der Waals surface area (Å²) >= 11 is 0. The summed E-state index contributed by atoms with van der Waals surface area (Å²) in [4.78, 5) is 2.57. The van der Waals surface area contributed by atoms with Crippen LogP contribution in [0.5, 0.6) is 0 Å². The van der Waals surface area contributed by atoms with Crippen LogP contribution < -0.4 is 0 Å². The second-order valence-electron chi connectivity index (χ2n) is 5.68. The molecule has 1 saturated carbocycles. The molecule has 1 aromatic rings. The van der Waals surface area contributed by atoms with Gasteiger partial charge in [-0.05, 0) is 38.3 Å². The third-order valence-electron chi connectivity index (χ3n) is 4.62. The molecule has 0 aromatic carbocycles. The first-order valence-electron chi connectivity index (χ1n) is 7.24. The molecule has 100 valence electrons. The van der Waals surface area contributed by atoms with E-state index in [9.17, 15) is 5.11 Å². The molecule has 2 heterocycles. The van der Waals surface area contributed by atoms with Gasteiger partial charge in [0.05, 0.1) is 12.6 Å². The van der Waals surface area contributed by atoms with Crippen LogP contribution in [0.3, 0.4) is 0 Å². The lowest BCUT2D eigenvalue weighted by molar-refractivity contribution is 0.0730. The molecule has 1 aromatic heterocycles. The normalized spacial score (nSPS) is 33.3. The van der Waals surface area contributed by atoms with Gasteiger partial charge in [0.2, 0.25) is 0 Å². The van der Waals surface area contributed by atoms with E-state index in [1.165, 1.54) is 32.2 Å². The van der Waals surface area contributed by atoms with Crippen LogP contribution in [0.25, 0.3) is 0 Å². The van der Waals surface area contributed by atoms with Gasteiger partial charge in [-0.15, -0.1) is 0 Å². The summed E-state index contributed by atoms with van der Waals surface area (Å²) in [6.45, 7) is 3.22. The maximum atomic E-state index is 10.1. The SMILES string of the molecule is OC1CCCC1C1CCCN1CCn1cccn1. The average Bonchev–Trinajstić information content (AvgIpc) is 3.06. The molecule has 1 aliphatic carbocycles. The Morgan fingerprint density at radius 3 is 2.83 bits per heavy atom. The molecule has 3 unspecified atom stereocenters. The molecule has 0 bridgehead atoms. The second kappa shape index (κ2) is 5.41. The Hall–Kier alpha value is -0.870. The summed E-state index contributed by atoms with van der Waals surface area (Å²) in [5.41, 5.74) is 0. The maximum absolute atomic E-state index is 10.1. The molecule has 1 aliphatic heterocycles. The van der Waals surface area contributed by atoms with Gasteiger partial charge in [0, 0.05) is 30.9 Å². The Bertz CT molecular complexity index is 365.